The molecule has 1 unspecified atom stereocenters. The molecule has 2 aromatic rings. The van der Waals surface area contributed by atoms with E-state index in [1.165, 1.54) is 37.3 Å². The Bertz CT molecular complexity index is 765. The highest BCUT2D eigenvalue weighted by molar-refractivity contribution is 5.99. The zero-order valence-corrected chi connectivity index (χ0v) is 12.9. The number of ether oxygens (including phenoxy) is 1. The lowest BCUT2D eigenvalue weighted by Crippen LogP contribution is -2.42. The summed E-state index contributed by atoms with van der Waals surface area (Å²) in [4.78, 5) is 23.2. The van der Waals surface area contributed by atoms with Crippen LogP contribution in [0, 0.1) is 11.6 Å². The minimum absolute atomic E-state index is 0.0200. The van der Waals surface area contributed by atoms with Crippen molar-refractivity contribution in [1.82, 2.24) is 5.32 Å². The molecule has 0 saturated heterocycles. The molecule has 126 valence electrons. The van der Waals surface area contributed by atoms with Gasteiger partial charge in [-0.2, -0.15) is 0 Å². The quantitative estimate of drug-likeness (QED) is 0.849. The second-order valence-electron chi connectivity index (χ2n) is 5.13. The van der Waals surface area contributed by atoms with Crippen LogP contribution >= 0.6 is 0 Å². The molecule has 2 rings (SSSR count). The Labute approximate surface area is 137 Å². The molecule has 24 heavy (non-hydrogen) atoms. The van der Waals surface area contributed by atoms with Gasteiger partial charge in [-0.25, -0.2) is 8.78 Å². The lowest BCUT2D eigenvalue weighted by molar-refractivity contribution is -0.119. The van der Waals surface area contributed by atoms with Crippen molar-refractivity contribution in [3.8, 4) is 5.75 Å². The molecule has 2 aromatic carbocycles. The SMILES string of the molecule is CC(NC(=O)c1c(F)cccc1OCc1cccc(F)c1)C(N)=O. The van der Waals surface area contributed by atoms with Crippen LogP contribution in [0.2, 0.25) is 0 Å². The van der Waals surface area contributed by atoms with Crippen LogP contribution in [0.1, 0.15) is 22.8 Å². The zero-order chi connectivity index (χ0) is 17.7. The van der Waals surface area contributed by atoms with Gasteiger partial charge in [-0.1, -0.05) is 18.2 Å². The maximum absolute atomic E-state index is 14.0. The van der Waals surface area contributed by atoms with Crippen LogP contribution in [-0.2, 0) is 11.4 Å². The first-order valence-corrected chi connectivity index (χ1v) is 7.14. The number of halogens is 2. The van der Waals surface area contributed by atoms with Crippen LogP contribution < -0.4 is 15.8 Å². The Kier molecular flexibility index (Phi) is 5.47. The van der Waals surface area contributed by atoms with Gasteiger partial charge in [-0.3, -0.25) is 9.59 Å². The number of nitrogens with one attached hydrogen (secondary N) is 1. The summed E-state index contributed by atoms with van der Waals surface area (Å²) in [6.07, 6.45) is 0. The molecule has 0 aliphatic heterocycles. The summed E-state index contributed by atoms with van der Waals surface area (Å²) in [5, 5.41) is 2.29. The summed E-state index contributed by atoms with van der Waals surface area (Å²) in [5.74, 6) is -2.83. The Balaban J connectivity index is 2.20. The average Bonchev–Trinajstić information content (AvgIpc) is 2.52. The van der Waals surface area contributed by atoms with Gasteiger partial charge in [0.15, 0.2) is 0 Å². The fourth-order valence-electron chi connectivity index (χ4n) is 1.97. The molecule has 0 aliphatic carbocycles. The maximum Gasteiger partial charge on any atom is 0.258 e. The van der Waals surface area contributed by atoms with E-state index >= 15 is 0 Å². The molecule has 0 radical (unpaired) electrons. The Morgan fingerprint density at radius 1 is 1.21 bits per heavy atom. The lowest BCUT2D eigenvalue weighted by Gasteiger charge is -2.14. The second-order valence-corrected chi connectivity index (χ2v) is 5.13. The minimum Gasteiger partial charge on any atom is -0.488 e. The summed E-state index contributed by atoms with van der Waals surface area (Å²) < 4.78 is 32.6. The molecule has 1 atom stereocenters. The number of hydrogen-bond donors (Lipinski definition) is 2. The van der Waals surface area contributed by atoms with Crippen LogP contribution in [0.15, 0.2) is 42.5 Å². The summed E-state index contributed by atoms with van der Waals surface area (Å²) in [6.45, 7) is 1.33. The Hall–Kier alpha value is -2.96. The molecule has 0 saturated carbocycles. The molecule has 5 nitrogen and oxygen atoms in total. The molecule has 7 heteroatoms. The second kappa shape index (κ2) is 7.54. The topological polar surface area (TPSA) is 81.4 Å². The van der Waals surface area contributed by atoms with Crippen molar-refractivity contribution in [2.75, 3.05) is 0 Å². The third kappa shape index (κ3) is 4.28. The summed E-state index contributed by atoms with van der Waals surface area (Å²) in [7, 11) is 0. The zero-order valence-electron chi connectivity index (χ0n) is 12.9. The van der Waals surface area contributed by atoms with E-state index in [1.54, 1.807) is 6.07 Å². The number of carbonyl (C=O) groups excluding carboxylic acids is 2. The van der Waals surface area contributed by atoms with Gasteiger partial charge >= 0.3 is 0 Å². The van der Waals surface area contributed by atoms with Gasteiger partial charge < -0.3 is 15.8 Å². The van der Waals surface area contributed by atoms with Crippen molar-refractivity contribution in [3.63, 3.8) is 0 Å². The number of nitrogens with two attached hydrogens (primary N) is 1. The summed E-state index contributed by atoms with van der Waals surface area (Å²) in [5.41, 5.74) is 5.25. The van der Waals surface area contributed by atoms with Crippen LogP contribution in [0.5, 0.6) is 5.75 Å². The molecule has 0 bridgehead atoms. The van der Waals surface area contributed by atoms with E-state index in [9.17, 15) is 18.4 Å². The van der Waals surface area contributed by atoms with Crippen molar-refractivity contribution < 1.29 is 23.1 Å². The van der Waals surface area contributed by atoms with Gasteiger partial charge in [0.25, 0.3) is 5.91 Å². The van der Waals surface area contributed by atoms with Crippen LogP contribution in [-0.4, -0.2) is 17.9 Å². The van der Waals surface area contributed by atoms with Crippen LogP contribution in [0.25, 0.3) is 0 Å². The van der Waals surface area contributed by atoms with Gasteiger partial charge in [-0.15, -0.1) is 0 Å². The van der Waals surface area contributed by atoms with E-state index in [4.69, 9.17) is 10.5 Å². The smallest absolute Gasteiger partial charge is 0.258 e. The molecular formula is C17H16F2N2O3. The predicted molar refractivity (Wildman–Crippen MR) is 83.3 cm³/mol. The highest BCUT2D eigenvalue weighted by Crippen LogP contribution is 2.23. The average molecular weight is 334 g/mol. The van der Waals surface area contributed by atoms with Crippen molar-refractivity contribution in [2.24, 2.45) is 5.73 Å². The van der Waals surface area contributed by atoms with Gasteiger partial charge in [-0.05, 0) is 36.8 Å². The number of rotatable bonds is 6. The first kappa shape index (κ1) is 17.4. The van der Waals surface area contributed by atoms with E-state index in [0.29, 0.717) is 5.56 Å². The van der Waals surface area contributed by atoms with Crippen molar-refractivity contribution in [3.05, 3.63) is 65.2 Å². The number of amides is 2. The number of primary amides is 1. The van der Waals surface area contributed by atoms with Crippen molar-refractivity contribution in [1.29, 1.82) is 0 Å². The van der Waals surface area contributed by atoms with E-state index in [1.807, 2.05) is 0 Å². The largest absolute Gasteiger partial charge is 0.488 e. The third-order valence-electron chi connectivity index (χ3n) is 3.26. The number of carbonyl (C=O) groups is 2. The van der Waals surface area contributed by atoms with Crippen LogP contribution in [0.4, 0.5) is 8.78 Å². The summed E-state index contributed by atoms with van der Waals surface area (Å²) >= 11 is 0. The molecule has 0 aromatic heterocycles. The normalized spacial score (nSPS) is 11.6. The first-order valence-electron chi connectivity index (χ1n) is 7.14. The molecule has 0 aliphatic rings. The summed E-state index contributed by atoms with van der Waals surface area (Å²) in [6, 6.07) is 8.63. The van der Waals surface area contributed by atoms with E-state index < -0.39 is 29.5 Å². The number of benzene rings is 2. The highest BCUT2D eigenvalue weighted by atomic mass is 19.1. The van der Waals surface area contributed by atoms with Gasteiger partial charge in [0.05, 0.1) is 0 Å². The maximum atomic E-state index is 14.0. The fourth-order valence-corrected chi connectivity index (χ4v) is 1.97. The molecule has 2 amide bonds. The van der Waals surface area contributed by atoms with Gasteiger partial charge in [0.2, 0.25) is 5.91 Å². The van der Waals surface area contributed by atoms with Crippen molar-refractivity contribution >= 4 is 11.8 Å². The Morgan fingerprint density at radius 3 is 2.58 bits per heavy atom. The van der Waals surface area contributed by atoms with Crippen LogP contribution in [0.3, 0.4) is 0 Å². The number of hydrogen-bond acceptors (Lipinski definition) is 3. The van der Waals surface area contributed by atoms with Gasteiger partial charge in [0.1, 0.15) is 35.6 Å². The Morgan fingerprint density at radius 2 is 1.92 bits per heavy atom. The highest BCUT2D eigenvalue weighted by Gasteiger charge is 2.21. The lowest BCUT2D eigenvalue weighted by atomic mass is 10.1. The molecular weight excluding hydrogens is 318 g/mol. The fraction of sp³-hybridized carbons (Fsp3) is 0.176. The predicted octanol–water partition coefficient (Wildman–Crippen LogP) is 2.15. The molecule has 3 N–H and O–H groups in total. The monoisotopic (exact) mass is 334 g/mol. The van der Waals surface area contributed by atoms with E-state index in [-0.39, 0.29) is 17.9 Å². The molecule has 0 fully saturated rings. The van der Waals surface area contributed by atoms with Crippen molar-refractivity contribution in [2.45, 2.75) is 19.6 Å². The van der Waals surface area contributed by atoms with E-state index in [2.05, 4.69) is 5.32 Å². The molecule has 0 heterocycles. The molecule has 0 spiro atoms. The standard InChI is InChI=1S/C17H16F2N2O3/c1-10(16(20)22)21-17(23)15-13(19)6-3-7-14(15)24-9-11-4-2-5-12(18)8-11/h2-8,10H,9H2,1H3,(H2,20,22)(H,21,23). The third-order valence-corrected chi connectivity index (χ3v) is 3.26. The van der Waals surface area contributed by atoms with E-state index in [0.717, 1.165) is 6.07 Å². The minimum atomic E-state index is -0.965. The van der Waals surface area contributed by atoms with Gasteiger partial charge in [0, 0.05) is 0 Å². The first-order chi connectivity index (χ1) is 11.4.